The summed E-state index contributed by atoms with van der Waals surface area (Å²) in [5.41, 5.74) is -0.563. The van der Waals surface area contributed by atoms with Crippen molar-refractivity contribution in [3.05, 3.63) is 12.7 Å². The van der Waals surface area contributed by atoms with E-state index in [9.17, 15) is 4.79 Å². The Kier molecular flexibility index (Phi) is 3.24. The maximum atomic E-state index is 10.9. The minimum atomic E-state index is -0.562. The molecule has 1 aliphatic rings. The number of rotatable bonds is 5. The molecule has 0 spiro atoms. The SMILES string of the molecule is C=CC(C)(CC[C@@H]1OC1(C)C)OC(C)=O. The van der Waals surface area contributed by atoms with E-state index in [1.165, 1.54) is 6.92 Å². The van der Waals surface area contributed by atoms with Gasteiger partial charge >= 0.3 is 5.97 Å². The molecule has 1 heterocycles. The average molecular weight is 212 g/mol. The molecule has 1 fully saturated rings. The van der Waals surface area contributed by atoms with E-state index < -0.39 is 5.60 Å². The highest BCUT2D eigenvalue weighted by Gasteiger charge is 2.47. The summed E-state index contributed by atoms with van der Waals surface area (Å²) in [6.07, 6.45) is 3.61. The normalized spacial score (nSPS) is 26.5. The topological polar surface area (TPSA) is 38.8 Å². The number of hydrogen-bond donors (Lipinski definition) is 0. The fourth-order valence-corrected chi connectivity index (χ4v) is 1.68. The molecule has 0 radical (unpaired) electrons. The van der Waals surface area contributed by atoms with E-state index in [2.05, 4.69) is 20.4 Å². The van der Waals surface area contributed by atoms with Gasteiger partial charge in [0.1, 0.15) is 5.60 Å². The zero-order chi connectivity index (χ0) is 11.7. The largest absolute Gasteiger partial charge is 0.455 e. The molecule has 0 aromatic carbocycles. The highest BCUT2D eigenvalue weighted by Crippen LogP contribution is 2.39. The van der Waals surface area contributed by atoms with E-state index >= 15 is 0 Å². The van der Waals surface area contributed by atoms with Crippen molar-refractivity contribution in [2.75, 3.05) is 0 Å². The molecule has 15 heavy (non-hydrogen) atoms. The van der Waals surface area contributed by atoms with E-state index in [1.54, 1.807) is 6.08 Å². The summed E-state index contributed by atoms with van der Waals surface area (Å²) in [5.74, 6) is -0.270. The van der Waals surface area contributed by atoms with Gasteiger partial charge in [-0.1, -0.05) is 6.58 Å². The van der Waals surface area contributed by atoms with Crippen LogP contribution in [0, 0.1) is 0 Å². The lowest BCUT2D eigenvalue weighted by Crippen LogP contribution is -2.29. The summed E-state index contributed by atoms with van der Waals surface area (Å²) in [5, 5.41) is 0. The summed E-state index contributed by atoms with van der Waals surface area (Å²) >= 11 is 0. The number of hydrogen-bond acceptors (Lipinski definition) is 3. The Labute approximate surface area is 91.4 Å². The van der Waals surface area contributed by atoms with Gasteiger partial charge in [-0.25, -0.2) is 0 Å². The number of esters is 1. The predicted octanol–water partition coefficient (Wildman–Crippen LogP) is 2.45. The van der Waals surface area contributed by atoms with Crippen molar-refractivity contribution in [2.24, 2.45) is 0 Å². The smallest absolute Gasteiger partial charge is 0.303 e. The van der Waals surface area contributed by atoms with Crippen LogP contribution in [0.4, 0.5) is 0 Å². The van der Waals surface area contributed by atoms with Crippen LogP contribution in [0.3, 0.4) is 0 Å². The zero-order valence-corrected chi connectivity index (χ0v) is 10.0. The number of epoxide rings is 1. The van der Waals surface area contributed by atoms with E-state index in [0.717, 1.165) is 12.8 Å². The third-order valence-electron chi connectivity index (χ3n) is 2.88. The summed E-state index contributed by atoms with van der Waals surface area (Å²) < 4.78 is 10.7. The first-order chi connectivity index (χ1) is 6.79. The van der Waals surface area contributed by atoms with Crippen LogP contribution >= 0.6 is 0 Å². The molecular formula is C12H20O3. The van der Waals surface area contributed by atoms with Gasteiger partial charge in [0.25, 0.3) is 0 Å². The van der Waals surface area contributed by atoms with Gasteiger partial charge in [0, 0.05) is 6.92 Å². The quantitative estimate of drug-likeness (QED) is 0.399. The van der Waals surface area contributed by atoms with Gasteiger partial charge in [-0.15, -0.1) is 0 Å². The molecule has 2 atom stereocenters. The molecule has 0 bridgehead atoms. The van der Waals surface area contributed by atoms with Gasteiger partial charge in [0.2, 0.25) is 0 Å². The maximum Gasteiger partial charge on any atom is 0.303 e. The van der Waals surface area contributed by atoms with Crippen molar-refractivity contribution in [2.45, 2.75) is 57.8 Å². The van der Waals surface area contributed by atoms with Crippen LogP contribution < -0.4 is 0 Å². The average Bonchev–Trinajstić information content (AvgIpc) is 2.70. The highest BCUT2D eigenvalue weighted by molar-refractivity contribution is 5.66. The summed E-state index contributed by atoms with van der Waals surface area (Å²) in [7, 11) is 0. The van der Waals surface area contributed by atoms with Crippen LogP contribution in [0.15, 0.2) is 12.7 Å². The molecule has 0 saturated carbocycles. The molecule has 1 aliphatic heterocycles. The van der Waals surface area contributed by atoms with Crippen LogP contribution in [0.1, 0.15) is 40.5 Å². The first-order valence-electron chi connectivity index (χ1n) is 5.30. The molecule has 3 heteroatoms. The summed E-state index contributed by atoms with van der Waals surface area (Å²) in [4.78, 5) is 10.9. The second kappa shape index (κ2) is 3.97. The van der Waals surface area contributed by atoms with Gasteiger partial charge in [0.15, 0.2) is 0 Å². The summed E-state index contributed by atoms with van der Waals surface area (Å²) in [6.45, 7) is 11.1. The minimum Gasteiger partial charge on any atom is -0.455 e. The number of carbonyl (C=O) groups excluding carboxylic acids is 1. The van der Waals surface area contributed by atoms with Gasteiger partial charge in [0.05, 0.1) is 11.7 Å². The van der Waals surface area contributed by atoms with Crippen molar-refractivity contribution in [1.82, 2.24) is 0 Å². The lowest BCUT2D eigenvalue weighted by molar-refractivity contribution is -0.151. The molecule has 0 aromatic rings. The fourth-order valence-electron chi connectivity index (χ4n) is 1.68. The molecule has 1 saturated heterocycles. The number of ether oxygens (including phenoxy) is 2. The summed E-state index contributed by atoms with van der Waals surface area (Å²) in [6, 6.07) is 0. The Hall–Kier alpha value is -0.830. The number of carbonyl (C=O) groups is 1. The van der Waals surface area contributed by atoms with E-state index in [1.807, 2.05) is 6.92 Å². The monoisotopic (exact) mass is 212 g/mol. The lowest BCUT2D eigenvalue weighted by atomic mass is 9.96. The first kappa shape index (κ1) is 12.2. The van der Waals surface area contributed by atoms with Gasteiger partial charge in [-0.05, 0) is 39.7 Å². The van der Waals surface area contributed by atoms with Crippen molar-refractivity contribution in [1.29, 1.82) is 0 Å². The molecule has 1 unspecified atom stereocenters. The van der Waals surface area contributed by atoms with Crippen molar-refractivity contribution < 1.29 is 14.3 Å². The minimum absolute atomic E-state index is 0.00168. The lowest BCUT2D eigenvalue weighted by Gasteiger charge is -2.25. The third-order valence-corrected chi connectivity index (χ3v) is 2.88. The molecule has 0 amide bonds. The van der Waals surface area contributed by atoms with Crippen LogP contribution in [0.25, 0.3) is 0 Å². The first-order valence-corrected chi connectivity index (χ1v) is 5.30. The van der Waals surface area contributed by atoms with Gasteiger partial charge in [-0.2, -0.15) is 0 Å². The van der Waals surface area contributed by atoms with Crippen molar-refractivity contribution in [3.8, 4) is 0 Å². The van der Waals surface area contributed by atoms with Crippen LogP contribution in [-0.4, -0.2) is 23.3 Å². The van der Waals surface area contributed by atoms with E-state index in [-0.39, 0.29) is 17.7 Å². The standard InChI is InChI=1S/C12H20O3/c1-6-12(5,14-9(2)13)8-7-10-11(3,4)15-10/h6,10H,1,7-8H2,2-5H3/t10-,12?/m0/s1. The van der Waals surface area contributed by atoms with Crippen molar-refractivity contribution >= 4 is 5.97 Å². The van der Waals surface area contributed by atoms with Gasteiger partial charge < -0.3 is 9.47 Å². The Balaban J connectivity index is 2.40. The Morgan fingerprint density at radius 3 is 2.53 bits per heavy atom. The Morgan fingerprint density at radius 2 is 2.20 bits per heavy atom. The molecule has 0 N–H and O–H groups in total. The zero-order valence-electron chi connectivity index (χ0n) is 10.0. The molecule has 0 aromatic heterocycles. The Bertz CT molecular complexity index is 270. The fraction of sp³-hybridized carbons (Fsp3) is 0.750. The van der Waals surface area contributed by atoms with Crippen molar-refractivity contribution in [3.63, 3.8) is 0 Å². The molecule has 86 valence electrons. The van der Waals surface area contributed by atoms with Gasteiger partial charge in [-0.3, -0.25) is 4.79 Å². The molecule has 3 nitrogen and oxygen atoms in total. The second-order valence-electron chi connectivity index (χ2n) is 4.86. The van der Waals surface area contributed by atoms with Crippen LogP contribution in [0.5, 0.6) is 0 Å². The Morgan fingerprint density at radius 1 is 1.67 bits per heavy atom. The predicted molar refractivity (Wildman–Crippen MR) is 58.6 cm³/mol. The maximum absolute atomic E-state index is 10.9. The van der Waals surface area contributed by atoms with Crippen LogP contribution in [0.2, 0.25) is 0 Å². The second-order valence-corrected chi connectivity index (χ2v) is 4.86. The molecule has 0 aliphatic carbocycles. The third kappa shape index (κ3) is 3.34. The van der Waals surface area contributed by atoms with E-state index in [0.29, 0.717) is 0 Å². The van der Waals surface area contributed by atoms with Crippen LogP contribution in [-0.2, 0) is 14.3 Å². The highest BCUT2D eigenvalue weighted by atomic mass is 16.6. The van der Waals surface area contributed by atoms with E-state index in [4.69, 9.17) is 9.47 Å². The molecule has 1 rings (SSSR count). The molecular weight excluding hydrogens is 192 g/mol.